The van der Waals surface area contributed by atoms with Crippen LogP contribution in [0.1, 0.15) is 17.0 Å². The lowest BCUT2D eigenvalue weighted by molar-refractivity contribution is 0.694. The summed E-state index contributed by atoms with van der Waals surface area (Å²) < 4.78 is 0. The van der Waals surface area contributed by atoms with Crippen molar-refractivity contribution in [2.75, 3.05) is 25.5 Å². The first-order valence-electron chi connectivity index (χ1n) is 6.92. The van der Waals surface area contributed by atoms with Gasteiger partial charge in [0.1, 0.15) is 0 Å². The van der Waals surface area contributed by atoms with Crippen LogP contribution in [0.2, 0.25) is 10.0 Å². The molecule has 0 saturated carbocycles. The van der Waals surface area contributed by atoms with E-state index in [9.17, 15) is 0 Å². The second-order valence-corrected chi connectivity index (χ2v) is 6.21. The summed E-state index contributed by atoms with van der Waals surface area (Å²) in [5.41, 5.74) is 9.45. The summed E-state index contributed by atoms with van der Waals surface area (Å²) >= 11 is 12.3. The van der Waals surface area contributed by atoms with E-state index >= 15 is 0 Å². The predicted octanol–water partition coefficient (Wildman–Crippen LogP) is 4.34. The lowest BCUT2D eigenvalue weighted by Gasteiger charge is -2.19. The molecule has 2 N–H and O–H groups in total. The summed E-state index contributed by atoms with van der Waals surface area (Å²) in [6.45, 7) is 0.549. The van der Waals surface area contributed by atoms with Gasteiger partial charge in [0, 0.05) is 35.7 Å². The van der Waals surface area contributed by atoms with Crippen LogP contribution >= 0.6 is 23.2 Å². The van der Waals surface area contributed by atoms with Gasteiger partial charge in [-0.1, -0.05) is 41.4 Å². The third-order valence-corrected chi connectivity index (χ3v) is 4.16. The molecule has 2 aromatic carbocycles. The van der Waals surface area contributed by atoms with Gasteiger partial charge in [0.15, 0.2) is 0 Å². The number of halogens is 2. The van der Waals surface area contributed by atoms with Gasteiger partial charge >= 0.3 is 0 Å². The van der Waals surface area contributed by atoms with Crippen LogP contribution < -0.4 is 10.6 Å². The summed E-state index contributed by atoms with van der Waals surface area (Å²) in [5.74, 6) is 0.187. The molecule has 0 aromatic heterocycles. The zero-order valence-corrected chi connectivity index (χ0v) is 13.8. The Morgan fingerprint density at radius 2 is 1.86 bits per heavy atom. The van der Waals surface area contributed by atoms with Crippen LogP contribution in [-0.2, 0) is 6.42 Å². The highest BCUT2D eigenvalue weighted by Gasteiger charge is 2.14. The van der Waals surface area contributed by atoms with E-state index in [1.807, 2.05) is 26.2 Å². The van der Waals surface area contributed by atoms with Crippen molar-refractivity contribution in [3.63, 3.8) is 0 Å². The zero-order valence-electron chi connectivity index (χ0n) is 12.3. The number of nitrogens with zero attached hydrogens (tertiary/aromatic N) is 1. The Morgan fingerprint density at radius 1 is 1.10 bits per heavy atom. The van der Waals surface area contributed by atoms with Crippen molar-refractivity contribution in [3.05, 3.63) is 63.6 Å². The van der Waals surface area contributed by atoms with E-state index in [-0.39, 0.29) is 5.92 Å². The highest BCUT2D eigenvalue weighted by Crippen LogP contribution is 2.30. The van der Waals surface area contributed by atoms with Crippen molar-refractivity contribution in [2.45, 2.75) is 12.3 Å². The first-order chi connectivity index (χ1) is 10.0. The van der Waals surface area contributed by atoms with Crippen LogP contribution in [0.25, 0.3) is 0 Å². The van der Waals surface area contributed by atoms with Gasteiger partial charge in [0.2, 0.25) is 0 Å². The van der Waals surface area contributed by atoms with Crippen molar-refractivity contribution >= 4 is 28.9 Å². The lowest BCUT2D eigenvalue weighted by Crippen LogP contribution is -2.16. The number of hydrogen-bond acceptors (Lipinski definition) is 2. The highest BCUT2D eigenvalue weighted by atomic mass is 35.5. The molecule has 2 aromatic rings. The van der Waals surface area contributed by atoms with E-state index < -0.39 is 0 Å². The molecule has 0 amide bonds. The molecule has 112 valence electrons. The fourth-order valence-electron chi connectivity index (χ4n) is 2.40. The molecular formula is C17H20Cl2N2. The van der Waals surface area contributed by atoms with Crippen molar-refractivity contribution < 1.29 is 0 Å². The number of nitrogens with two attached hydrogens (primary N) is 1. The van der Waals surface area contributed by atoms with Crippen molar-refractivity contribution in [1.82, 2.24) is 0 Å². The highest BCUT2D eigenvalue weighted by molar-refractivity contribution is 6.35. The maximum Gasteiger partial charge on any atom is 0.0456 e. The Hall–Kier alpha value is -1.22. The van der Waals surface area contributed by atoms with Crippen LogP contribution in [0.5, 0.6) is 0 Å². The Morgan fingerprint density at radius 3 is 2.48 bits per heavy atom. The zero-order chi connectivity index (χ0) is 15.4. The molecule has 0 bridgehead atoms. The largest absolute Gasteiger partial charge is 0.378 e. The number of anilines is 1. The molecule has 0 heterocycles. The molecule has 2 rings (SSSR count). The monoisotopic (exact) mass is 322 g/mol. The smallest absolute Gasteiger partial charge is 0.0456 e. The second-order valence-electron chi connectivity index (χ2n) is 5.37. The van der Waals surface area contributed by atoms with Gasteiger partial charge < -0.3 is 10.6 Å². The molecule has 1 unspecified atom stereocenters. The predicted molar refractivity (Wildman–Crippen MR) is 92.7 cm³/mol. The Balaban J connectivity index is 2.24. The van der Waals surface area contributed by atoms with Crippen LogP contribution in [-0.4, -0.2) is 20.6 Å². The van der Waals surface area contributed by atoms with E-state index in [1.54, 1.807) is 6.07 Å². The van der Waals surface area contributed by atoms with E-state index in [4.69, 9.17) is 28.9 Å². The molecule has 0 aliphatic carbocycles. The van der Waals surface area contributed by atoms with Gasteiger partial charge in [-0.2, -0.15) is 0 Å². The molecule has 0 spiro atoms. The van der Waals surface area contributed by atoms with E-state index in [2.05, 4.69) is 29.2 Å². The number of rotatable bonds is 5. The van der Waals surface area contributed by atoms with Crippen molar-refractivity contribution in [1.29, 1.82) is 0 Å². The average molecular weight is 323 g/mol. The third kappa shape index (κ3) is 4.13. The van der Waals surface area contributed by atoms with Gasteiger partial charge in [0.25, 0.3) is 0 Å². The molecule has 0 saturated heterocycles. The molecule has 0 aliphatic rings. The number of benzene rings is 2. The van der Waals surface area contributed by atoms with Gasteiger partial charge in [0.05, 0.1) is 0 Å². The molecule has 1 atom stereocenters. The van der Waals surface area contributed by atoms with E-state index in [0.29, 0.717) is 16.6 Å². The maximum absolute atomic E-state index is 6.30. The van der Waals surface area contributed by atoms with E-state index in [0.717, 1.165) is 12.0 Å². The SMILES string of the molecule is CN(C)c1cccc(CC(CN)c2ccc(Cl)cc2Cl)c1. The fraction of sp³-hybridized carbons (Fsp3) is 0.294. The molecule has 0 radical (unpaired) electrons. The van der Waals surface area contributed by atoms with E-state index in [1.165, 1.54) is 11.3 Å². The Bertz CT molecular complexity index is 611. The summed E-state index contributed by atoms with van der Waals surface area (Å²) in [6.07, 6.45) is 0.861. The first kappa shape index (κ1) is 16.2. The minimum Gasteiger partial charge on any atom is -0.378 e. The lowest BCUT2D eigenvalue weighted by atomic mass is 9.92. The van der Waals surface area contributed by atoms with Crippen LogP contribution in [0.3, 0.4) is 0 Å². The molecule has 2 nitrogen and oxygen atoms in total. The Kier molecular flexibility index (Phi) is 5.51. The Labute approximate surface area is 136 Å². The van der Waals surface area contributed by atoms with Gasteiger partial charge in [-0.05, 0) is 48.4 Å². The standard InChI is InChI=1S/C17H20Cl2N2/c1-21(2)15-5-3-4-12(9-15)8-13(11-20)16-7-6-14(18)10-17(16)19/h3-7,9-10,13H,8,11,20H2,1-2H3. The summed E-state index contributed by atoms with van der Waals surface area (Å²) in [6, 6.07) is 14.1. The fourth-order valence-corrected chi connectivity index (χ4v) is 2.96. The third-order valence-electron chi connectivity index (χ3n) is 3.60. The number of hydrogen-bond donors (Lipinski definition) is 1. The van der Waals surface area contributed by atoms with Crippen molar-refractivity contribution in [2.24, 2.45) is 5.73 Å². The summed E-state index contributed by atoms with van der Waals surface area (Å²) in [4.78, 5) is 2.09. The topological polar surface area (TPSA) is 29.3 Å². The van der Waals surface area contributed by atoms with Crippen molar-refractivity contribution in [3.8, 4) is 0 Å². The molecule has 4 heteroatoms. The van der Waals surface area contributed by atoms with Crippen LogP contribution in [0.4, 0.5) is 5.69 Å². The molecule has 21 heavy (non-hydrogen) atoms. The van der Waals surface area contributed by atoms with Crippen LogP contribution in [0.15, 0.2) is 42.5 Å². The van der Waals surface area contributed by atoms with Gasteiger partial charge in [-0.25, -0.2) is 0 Å². The molecular weight excluding hydrogens is 303 g/mol. The average Bonchev–Trinajstić information content (AvgIpc) is 2.45. The summed E-state index contributed by atoms with van der Waals surface area (Å²) in [7, 11) is 4.07. The second kappa shape index (κ2) is 7.17. The minimum atomic E-state index is 0.187. The van der Waals surface area contributed by atoms with Crippen LogP contribution in [0, 0.1) is 0 Å². The summed E-state index contributed by atoms with van der Waals surface area (Å²) in [5, 5.41) is 1.33. The minimum absolute atomic E-state index is 0.187. The quantitative estimate of drug-likeness (QED) is 0.887. The first-order valence-corrected chi connectivity index (χ1v) is 7.68. The molecule has 0 aliphatic heterocycles. The van der Waals surface area contributed by atoms with Gasteiger partial charge in [-0.3, -0.25) is 0 Å². The normalized spacial score (nSPS) is 12.2. The van der Waals surface area contributed by atoms with Gasteiger partial charge in [-0.15, -0.1) is 0 Å². The maximum atomic E-state index is 6.30. The molecule has 0 fully saturated rings.